The Kier molecular flexibility index (Phi) is 4.93. The highest BCUT2D eigenvalue weighted by Gasteiger charge is 2.16. The minimum Gasteiger partial charge on any atom is -0.267 e. The maximum atomic E-state index is 12.6. The average molecular weight is 348 g/mol. The van der Waals surface area contributed by atoms with Crippen molar-refractivity contribution in [1.82, 2.24) is 15.2 Å². The number of nitrogens with zero attached hydrogens (tertiary/aromatic N) is 3. The summed E-state index contributed by atoms with van der Waals surface area (Å²) in [7, 11) is 0. The third-order valence-electron chi connectivity index (χ3n) is 4.18. The van der Waals surface area contributed by atoms with Crippen molar-refractivity contribution in [3.8, 4) is 0 Å². The maximum Gasteiger partial charge on any atom is 0.292 e. The lowest BCUT2D eigenvalue weighted by Crippen LogP contribution is -2.28. The van der Waals surface area contributed by atoms with E-state index in [1.807, 2.05) is 45.0 Å². The van der Waals surface area contributed by atoms with Crippen molar-refractivity contribution in [3.05, 3.63) is 75.7 Å². The largest absolute Gasteiger partial charge is 0.292 e. The number of hydrogen-bond acceptors (Lipinski definition) is 4. The molecule has 26 heavy (non-hydrogen) atoms. The van der Waals surface area contributed by atoms with Crippen LogP contribution in [0.3, 0.4) is 0 Å². The highest BCUT2D eigenvalue weighted by Crippen LogP contribution is 2.13. The molecule has 3 aromatic rings. The lowest BCUT2D eigenvalue weighted by Gasteiger charge is -2.09. The van der Waals surface area contributed by atoms with Crippen molar-refractivity contribution >= 4 is 22.4 Å². The van der Waals surface area contributed by atoms with Crippen LogP contribution in [0.15, 0.2) is 58.4 Å². The summed E-state index contributed by atoms with van der Waals surface area (Å²) < 4.78 is 1.29. The Morgan fingerprint density at radius 3 is 2.42 bits per heavy atom. The van der Waals surface area contributed by atoms with E-state index in [-0.39, 0.29) is 11.3 Å². The van der Waals surface area contributed by atoms with Gasteiger partial charge in [-0.1, -0.05) is 48.0 Å². The van der Waals surface area contributed by atoms with E-state index in [1.54, 1.807) is 24.3 Å². The van der Waals surface area contributed by atoms with Gasteiger partial charge in [0.15, 0.2) is 5.69 Å². The maximum absolute atomic E-state index is 12.6. The molecule has 0 fully saturated rings. The first-order valence-electron chi connectivity index (χ1n) is 8.42. The second kappa shape index (κ2) is 7.31. The summed E-state index contributed by atoms with van der Waals surface area (Å²) in [6, 6.07) is 14.8. The first kappa shape index (κ1) is 17.5. The molecular weight excluding hydrogens is 328 g/mol. The molecule has 0 saturated heterocycles. The smallest absolute Gasteiger partial charge is 0.267 e. The zero-order chi connectivity index (χ0) is 18.7. The van der Waals surface area contributed by atoms with E-state index >= 15 is 0 Å². The summed E-state index contributed by atoms with van der Waals surface area (Å²) in [4.78, 5) is 25.0. The number of rotatable bonds is 4. The van der Waals surface area contributed by atoms with Crippen LogP contribution in [0, 0.1) is 6.92 Å². The van der Waals surface area contributed by atoms with Crippen LogP contribution in [0.4, 0.5) is 0 Å². The first-order valence-corrected chi connectivity index (χ1v) is 8.42. The predicted molar refractivity (Wildman–Crippen MR) is 103 cm³/mol. The van der Waals surface area contributed by atoms with Crippen molar-refractivity contribution in [2.75, 3.05) is 0 Å². The van der Waals surface area contributed by atoms with E-state index in [4.69, 9.17) is 0 Å². The lowest BCUT2D eigenvalue weighted by atomic mass is 10.1. The molecule has 1 heterocycles. The standard InChI is InChI=1S/C20H20N4O2/c1-4-24-20(26)17-8-6-5-7-16(17)18(23-24)19(25)22-21-14(3)15-11-9-13(2)10-12-15/h5-12H,4H2,1-3H3,(H,22,25)/b21-14-. The van der Waals surface area contributed by atoms with Crippen molar-refractivity contribution in [1.29, 1.82) is 0 Å². The topological polar surface area (TPSA) is 76.3 Å². The van der Waals surface area contributed by atoms with Gasteiger partial charge in [0.25, 0.3) is 11.5 Å². The van der Waals surface area contributed by atoms with Crippen LogP contribution >= 0.6 is 0 Å². The van der Waals surface area contributed by atoms with Gasteiger partial charge in [-0.3, -0.25) is 9.59 Å². The minimum atomic E-state index is -0.449. The number of carbonyl (C=O) groups excluding carboxylic acids is 1. The van der Waals surface area contributed by atoms with Crippen LogP contribution in [0.2, 0.25) is 0 Å². The number of hydrazone groups is 1. The molecular formula is C20H20N4O2. The van der Waals surface area contributed by atoms with E-state index in [9.17, 15) is 9.59 Å². The number of nitrogens with one attached hydrogen (secondary N) is 1. The van der Waals surface area contributed by atoms with E-state index < -0.39 is 5.91 Å². The van der Waals surface area contributed by atoms with E-state index in [1.165, 1.54) is 4.68 Å². The molecule has 6 nitrogen and oxygen atoms in total. The molecule has 0 aliphatic rings. The van der Waals surface area contributed by atoms with Crippen LogP contribution in [0.25, 0.3) is 10.8 Å². The number of carbonyl (C=O) groups is 1. The molecule has 2 aromatic carbocycles. The Hall–Kier alpha value is -3.28. The van der Waals surface area contributed by atoms with Crippen molar-refractivity contribution in [3.63, 3.8) is 0 Å². The second-order valence-corrected chi connectivity index (χ2v) is 6.02. The molecule has 1 N–H and O–H groups in total. The molecule has 0 bridgehead atoms. The molecule has 6 heteroatoms. The van der Waals surface area contributed by atoms with Gasteiger partial charge in [0, 0.05) is 11.9 Å². The number of fused-ring (bicyclic) bond motifs is 1. The highest BCUT2D eigenvalue weighted by atomic mass is 16.2. The third-order valence-corrected chi connectivity index (χ3v) is 4.18. The molecule has 0 atom stereocenters. The summed E-state index contributed by atoms with van der Waals surface area (Å²) in [5, 5.41) is 9.36. The van der Waals surface area contributed by atoms with Gasteiger partial charge in [-0.25, -0.2) is 10.1 Å². The number of aryl methyl sites for hydroxylation is 2. The molecule has 132 valence electrons. The summed E-state index contributed by atoms with van der Waals surface area (Å²) >= 11 is 0. The van der Waals surface area contributed by atoms with Crippen molar-refractivity contribution in [2.24, 2.45) is 5.10 Å². The fourth-order valence-electron chi connectivity index (χ4n) is 2.66. The fourth-order valence-corrected chi connectivity index (χ4v) is 2.66. The summed E-state index contributed by atoms with van der Waals surface area (Å²) in [6.45, 7) is 6.03. The van der Waals surface area contributed by atoms with Gasteiger partial charge >= 0.3 is 0 Å². The molecule has 0 spiro atoms. The Morgan fingerprint density at radius 2 is 1.77 bits per heavy atom. The number of aromatic nitrogens is 2. The predicted octanol–water partition coefficient (Wildman–Crippen LogP) is 2.88. The molecule has 0 aliphatic carbocycles. The first-order chi connectivity index (χ1) is 12.5. The van der Waals surface area contributed by atoms with Gasteiger partial charge in [-0.15, -0.1) is 0 Å². The summed E-state index contributed by atoms with van der Waals surface area (Å²) in [5.41, 5.74) is 5.29. The Bertz CT molecular complexity index is 1050. The SMILES string of the molecule is CCn1nc(C(=O)N/N=C(/C)c2ccc(C)cc2)c2ccccc2c1=O. The summed E-state index contributed by atoms with van der Waals surface area (Å²) in [6.07, 6.45) is 0. The highest BCUT2D eigenvalue weighted by molar-refractivity contribution is 6.06. The van der Waals surface area contributed by atoms with E-state index in [0.29, 0.717) is 23.0 Å². The fraction of sp³-hybridized carbons (Fsp3) is 0.200. The van der Waals surface area contributed by atoms with Gasteiger partial charge in [0.2, 0.25) is 0 Å². The molecule has 1 aromatic heterocycles. The van der Waals surface area contributed by atoms with Gasteiger partial charge < -0.3 is 0 Å². The van der Waals surface area contributed by atoms with Crippen LogP contribution < -0.4 is 11.0 Å². The van der Waals surface area contributed by atoms with E-state index in [0.717, 1.165) is 11.1 Å². The zero-order valence-electron chi connectivity index (χ0n) is 15.0. The molecule has 0 unspecified atom stereocenters. The second-order valence-electron chi connectivity index (χ2n) is 6.02. The quantitative estimate of drug-likeness (QED) is 0.582. The average Bonchev–Trinajstić information content (AvgIpc) is 2.67. The van der Waals surface area contributed by atoms with Crippen LogP contribution in [0.5, 0.6) is 0 Å². The number of hydrogen-bond donors (Lipinski definition) is 1. The van der Waals surface area contributed by atoms with Gasteiger partial charge in [0.05, 0.1) is 11.1 Å². The number of benzene rings is 2. The lowest BCUT2D eigenvalue weighted by molar-refractivity contribution is 0.0949. The van der Waals surface area contributed by atoms with Gasteiger partial charge in [-0.05, 0) is 32.4 Å². The monoisotopic (exact) mass is 348 g/mol. The molecule has 0 saturated carbocycles. The van der Waals surface area contributed by atoms with Crippen molar-refractivity contribution < 1.29 is 4.79 Å². The van der Waals surface area contributed by atoms with E-state index in [2.05, 4.69) is 15.6 Å². The van der Waals surface area contributed by atoms with Crippen molar-refractivity contribution in [2.45, 2.75) is 27.3 Å². The van der Waals surface area contributed by atoms with Crippen LogP contribution in [0.1, 0.15) is 35.5 Å². The van der Waals surface area contributed by atoms with Crippen LogP contribution in [-0.4, -0.2) is 21.4 Å². The number of amides is 1. The summed E-state index contributed by atoms with van der Waals surface area (Å²) in [5.74, 6) is -0.449. The zero-order valence-corrected chi connectivity index (χ0v) is 15.0. The van der Waals surface area contributed by atoms with Gasteiger partial charge in [-0.2, -0.15) is 10.2 Å². The molecule has 0 radical (unpaired) electrons. The van der Waals surface area contributed by atoms with Gasteiger partial charge in [0.1, 0.15) is 0 Å². The molecule has 1 amide bonds. The normalized spacial score (nSPS) is 11.6. The Morgan fingerprint density at radius 1 is 1.12 bits per heavy atom. The van der Waals surface area contributed by atoms with Crippen LogP contribution in [-0.2, 0) is 6.54 Å². The third kappa shape index (κ3) is 3.39. The minimum absolute atomic E-state index is 0.183. The Balaban J connectivity index is 1.95. The Labute approximate surface area is 151 Å². The molecule has 0 aliphatic heterocycles. The molecule has 3 rings (SSSR count).